The number of H-pyrrole nitrogens is 1. The van der Waals surface area contributed by atoms with Crippen molar-refractivity contribution in [1.82, 2.24) is 15.3 Å². The molecule has 2 aromatic rings. The number of carbonyl (C=O) groups is 1. The number of carbonyl (C=O) groups excluding carboxylic acids is 1. The van der Waals surface area contributed by atoms with Gasteiger partial charge in [0.15, 0.2) is 5.82 Å². The molecular weight excluding hydrogens is 256 g/mol. The SMILES string of the molecule is O=C(NC1COC1)c1ccc2nc(C(F)F)[nH]c2c1. The van der Waals surface area contributed by atoms with Crippen LogP contribution in [0.2, 0.25) is 0 Å². The Kier molecular flexibility index (Phi) is 2.90. The maximum absolute atomic E-state index is 12.5. The monoisotopic (exact) mass is 267 g/mol. The number of fused-ring (bicyclic) bond motifs is 1. The van der Waals surface area contributed by atoms with Crippen LogP contribution < -0.4 is 5.32 Å². The summed E-state index contributed by atoms with van der Waals surface area (Å²) in [7, 11) is 0. The van der Waals surface area contributed by atoms with Crippen molar-refractivity contribution in [3.05, 3.63) is 29.6 Å². The summed E-state index contributed by atoms with van der Waals surface area (Å²) >= 11 is 0. The standard InChI is InChI=1S/C12H11F2N3O2/c13-10(14)11-16-8-2-1-6(3-9(8)17-11)12(18)15-7-4-19-5-7/h1-3,7,10H,4-5H2,(H,15,18)(H,16,17). The smallest absolute Gasteiger partial charge is 0.295 e. The summed E-state index contributed by atoms with van der Waals surface area (Å²) in [5.41, 5.74) is 1.25. The van der Waals surface area contributed by atoms with Crippen molar-refractivity contribution in [3.8, 4) is 0 Å². The van der Waals surface area contributed by atoms with E-state index in [-0.39, 0.29) is 17.8 Å². The van der Waals surface area contributed by atoms with Gasteiger partial charge in [0.2, 0.25) is 0 Å². The average molecular weight is 267 g/mol. The van der Waals surface area contributed by atoms with Crippen molar-refractivity contribution >= 4 is 16.9 Å². The van der Waals surface area contributed by atoms with E-state index >= 15 is 0 Å². The van der Waals surface area contributed by atoms with E-state index in [1.54, 1.807) is 12.1 Å². The second-order valence-electron chi connectivity index (χ2n) is 4.36. The molecule has 1 aromatic carbocycles. The Balaban J connectivity index is 1.85. The molecule has 0 bridgehead atoms. The number of rotatable bonds is 3. The largest absolute Gasteiger partial charge is 0.377 e. The molecule has 2 heterocycles. The number of hydrogen-bond acceptors (Lipinski definition) is 3. The second-order valence-corrected chi connectivity index (χ2v) is 4.36. The second kappa shape index (κ2) is 4.58. The lowest BCUT2D eigenvalue weighted by Crippen LogP contribution is -2.48. The number of nitrogens with zero attached hydrogens (tertiary/aromatic N) is 1. The number of benzene rings is 1. The van der Waals surface area contributed by atoms with E-state index in [0.717, 1.165) is 0 Å². The molecule has 2 N–H and O–H groups in total. The number of aromatic amines is 1. The first-order valence-corrected chi connectivity index (χ1v) is 5.80. The summed E-state index contributed by atoms with van der Waals surface area (Å²) in [6, 6.07) is 4.65. The molecule has 0 aliphatic carbocycles. The van der Waals surface area contributed by atoms with Gasteiger partial charge in [0, 0.05) is 5.56 Å². The molecule has 5 nitrogen and oxygen atoms in total. The van der Waals surface area contributed by atoms with Crippen LogP contribution in [0, 0.1) is 0 Å². The van der Waals surface area contributed by atoms with Gasteiger partial charge in [-0.1, -0.05) is 0 Å². The summed E-state index contributed by atoms with van der Waals surface area (Å²) in [6.45, 7) is 1.02. The van der Waals surface area contributed by atoms with Crippen molar-refractivity contribution in [3.63, 3.8) is 0 Å². The summed E-state index contributed by atoms with van der Waals surface area (Å²) < 4.78 is 30.0. The fourth-order valence-corrected chi connectivity index (χ4v) is 1.86. The molecule has 1 aliphatic heterocycles. The van der Waals surface area contributed by atoms with Gasteiger partial charge in [-0.15, -0.1) is 0 Å². The third kappa shape index (κ3) is 2.28. The number of nitrogens with one attached hydrogen (secondary N) is 2. The third-order valence-electron chi connectivity index (χ3n) is 2.94. The predicted octanol–water partition coefficient (Wildman–Crippen LogP) is 1.63. The van der Waals surface area contributed by atoms with E-state index in [0.29, 0.717) is 29.8 Å². The fourth-order valence-electron chi connectivity index (χ4n) is 1.86. The summed E-state index contributed by atoms with van der Waals surface area (Å²) in [6.07, 6.45) is -2.66. The van der Waals surface area contributed by atoms with Crippen molar-refractivity contribution < 1.29 is 18.3 Å². The average Bonchev–Trinajstić information content (AvgIpc) is 2.76. The normalized spacial score (nSPS) is 15.7. The van der Waals surface area contributed by atoms with Gasteiger partial charge in [-0.05, 0) is 18.2 Å². The van der Waals surface area contributed by atoms with Crippen molar-refractivity contribution in [2.75, 3.05) is 13.2 Å². The van der Waals surface area contributed by atoms with Crippen molar-refractivity contribution in [1.29, 1.82) is 0 Å². The van der Waals surface area contributed by atoms with E-state index in [9.17, 15) is 13.6 Å². The molecular formula is C12H11F2N3O2. The Morgan fingerprint density at radius 3 is 2.89 bits per heavy atom. The molecule has 1 saturated heterocycles. The van der Waals surface area contributed by atoms with Crippen molar-refractivity contribution in [2.45, 2.75) is 12.5 Å². The number of imidazole rings is 1. The van der Waals surface area contributed by atoms with Gasteiger partial charge in [-0.2, -0.15) is 0 Å². The van der Waals surface area contributed by atoms with Crippen LogP contribution in [0.3, 0.4) is 0 Å². The Hall–Kier alpha value is -2.02. The molecule has 100 valence electrons. The first-order valence-electron chi connectivity index (χ1n) is 5.80. The Labute approximate surface area is 107 Å². The lowest BCUT2D eigenvalue weighted by atomic mass is 10.1. The van der Waals surface area contributed by atoms with Crippen LogP contribution in [-0.4, -0.2) is 35.1 Å². The molecule has 7 heteroatoms. The highest BCUT2D eigenvalue weighted by Gasteiger charge is 2.21. The lowest BCUT2D eigenvalue weighted by Gasteiger charge is -2.26. The van der Waals surface area contributed by atoms with Gasteiger partial charge in [-0.25, -0.2) is 13.8 Å². The molecule has 0 spiro atoms. The quantitative estimate of drug-likeness (QED) is 0.888. The molecule has 0 atom stereocenters. The Morgan fingerprint density at radius 1 is 1.47 bits per heavy atom. The van der Waals surface area contributed by atoms with Crippen LogP contribution >= 0.6 is 0 Å². The maximum Gasteiger partial charge on any atom is 0.295 e. The molecule has 0 radical (unpaired) electrons. The van der Waals surface area contributed by atoms with Crippen LogP contribution in [0.1, 0.15) is 22.6 Å². The number of aromatic nitrogens is 2. The van der Waals surface area contributed by atoms with Crippen LogP contribution in [0.25, 0.3) is 11.0 Å². The molecule has 1 aromatic heterocycles. The summed E-state index contributed by atoms with van der Waals surface area (Å²) in [4.78, 5) is 18.1. The maximum atomic E-state index is 12.5. The zero-order valence-corrected chi connectivity index (χ0v) is 9.82. The van der Waals surface area contributed by atoms with Gasteiger partial charge in [0.05, 0.1) is 30.3 Å². The number of amides is 1. The van der Waals surface area contributed by atoms with Crippen LogP contribution in [0.15, 0.2) is 18.2 Å². The van der Waals surface area contributed by atoms with Crippen LogP contribution in [0.5, 0.6) is 0 Å². The van der Waals surface area contributed by atoms with E-state index < -0.39 is 6.43 Å². The van der Waals surface area contributed by atoms with E-state index in [1.807, 2.05) is 0 Å². The zero-order chi connectivity index (χ0) is 13.4. The van der Waals surface area contributed by atoms with Gasteiger partial charge >= 0.3 is 0 Å². The fraction of sp³-hybridized carbons (Fsp3) is 0.333. The summed E-state index contributed by atoms with van der Waals surface area (Å²) in [5.74, 6) is -0.636. The van der Waals surface area contributed by atoms with Gasteiger partial charge < -0.3 is 15.0 Å². The third-order valence-corrected chi connectivity index (χ3v) is 2.94. The topological polar surface area (TPSA) is 67.0 Å². The number of hydrogen-bond donors (Lipinski definition) is 2. The van der Waals surface area contributed by atoms with E-state index in [4.69, 9.17) is 4.74 Å². The Bertz CT molecular complexity index is 622. The molecule has 0 unspecified atom stereocenters. The highest BCUT2D eigenvalue weighted by Crippen LogP contribution is 2.20. The minimum absolute atomic E-state index is 0.0292. The van der Waals surface area contributed by atoms with Gasteiger partial charge in [0.1, 0.15) is 0 Å². The number of ether oxygens (including phenoxy) is 1. The van der Waals surface area contributed by atoms with E-state index in [1.165, 1.54) is 6.07 Å². The van der Waals surface area contributed by atoms with E-state index in [2.05, 4.69) is 15.3 Å². The molecule has 1 amide bonds. The van der Waals surface area contributed by atoms with Crippen LogP contribution in [-0.2, 0) is 4.74 Å². The molecule has 1 fully saturated rings. The molecule has 3 rings (SSSR count). The van der Waals surface area contributed by atoms with Gasteiger partial charge in [-0.3, -0.25) is 4.79 Å². The lowest BCUT2D eigenvalue weighted by molar-refractivity contribution is -0.00346. The minimum Gasteiger partial charge on any atom is -0.377 e. The first-order chi connectivity index (χ1) is 9.13. The summed E-state index contributed by atoms with van der Waals surface area (Å²) in [5, 5.41) is 2.78. The number of alkyl halides is 2. The van der Waals surface area contributed by atoms with Crippen molar-refractivity contribution in [2.24, 2.45) is 0 Å². The van der Waals surface area contributed by atoms with Crippen LogP contribution in [0.4, 0.5) is 8.78 Å². The minimum atomic E-state index is -2.66. The predicted molar refractivity (Wildman–Crippen MR) is 63.1 cm³/mol. The van der Waals surface area contributed by atoms with Gasteiger partial charge in [0.25, 0.3) is 12.3 Å². The number of halogens is 2. The molecule has 19 heavy (non-hydrogen) atoms. The molecule has 1 aliphatic rings. The highest BCUT2D eigenvalue weighted by atomic mass is 19.3. The Morgan fingerprint density at radius 2 is 2.26 bits per heavy atom. The first kappa shape index (κ1) is 12.0. The molecule has 0 saturated carbocycles. The zero-order valence-electron chi connectivity index (χ0n) is 9.82. The highest BCUT2D eigenvalue weighted by molar-refractivity contribution is 5.97.